The van der Waals surface area contributed by atoms with E-state index in [4.69, 9.17) is 28.4 Å². The van der Waals surface area contributed by atoms with E-state index >= 15 is 0 Å². The van der Waals surface area contributed by atoms with Crippen LogP contribution in [0.1, 0.15) is 309 Å². The van der Waals surface area contributed by atoms with Gasteiger partial charge in [-0.2, -0.15) is 0 Å². The minimum atomic E-state index is -1.70. The molecule has 2 rings (SSSR count). The molecule has 14 heteroatoms. The van der Waals surface area contributed by atoms with Gasteiger partial charge in [0.25, 0.3) is 0 Å². The molecule has 2 aliphatic heterocycles. The van der Waals surface area contributed by atoms with Crippen molar-refractivity contribution < 1.29 is 69.0 Å². The number of aliphatic hydroxyl groups is 7. The maximum atomic E-state index is 13.1. The molecule has 14 nitrogen and oxygen atoms in total. The van der Waals surface area contributed by atoms with Crippen LogP contribution in [0.25, 0.3) is 0 Å². The topological polar surface area (TPSA) is 214 Å². The van der Waals surface area contributed by atoms with Crippen molar-refractivity contribution in [2.24, 2.45) is 0 Å². The molecule has 0 aliphatic carbocycles. The number of hydrogen-bond donors (Lipinski definition) is 7. The molecule has 2 saturated heterocycles. The third kappa shape index (κ3) is 38.5. The Labute approximate surface area is 482 Å². The van der Waals surface area contributed by atoms with Crippen LogP contribution in [0.4, 0.5) is 0 Å². The van der Waals surface area contributed by atoms with Gasteiger partial charge in [0.05, 0.1) is 26.4 Å². The van der Waals surface area contributed by atoms with Crippen molar-refractivity contribution in [3.8, 4) is 0 Å². The van der Waals surface area contributed by atoms with Gasteiger partial charge >= 0.3 is 5.97 Å². The second-order valence-electron chi connectivity index (χ2n) is 24.0. The van der Waals surface area contributed by atoms with E-state index in [2.05, 4.69) is 13.8 Å². The van der Waals surface area contributed by atoms with Crippen molar-refractivity contribution in [1.29, 1.82) is 0 Å². The fraction of sp³-hybridized carbons (Fsp3) is 0.985. The SMILES string of the molecule is CCCCCCCCCCCCCCCCCCCCCCCCCC(=O)OC(COCCCCCCCCCCCCCCCCCCCCCCCC)COC1OC(COC2OC(CO)C(O)C(O)C2O)C(O)C(O)C1O. The van der Waals surface area contributed by atoms with Gasteiger partial charge in [0.1, 0.15) is 54.9 Å². The highest BCUT2D eigenvalue weighted by atomic mass is 16.7. The highest BCUT2D eigenvalue weighted by molar-refractivity contribution is 5.69. The van der Waals surface area contributed by atoms with E-state index in [0.29, 0.717) is 6.61 Å². The van der Waals surface area contributed by atoms with Gasteiger partial charge < -0.3 is 64.2 Å². The first-order valence-electron chi connectivity index (χ1n) is 33.6. The summed E-state index contributed by atoms with van der Waals surface area (Å²) in [6, 6.07) is 0. The zero-order chi connectivity index (χ0) is 57.2. The molecule has 2 aliphatic rings. The van der Waals surface area contributed by atoms with Crippen molar-refractivity contribution in [3.63, 3.8) is 0 Å². The number of unbranched alkanes of at least 4 members (excludes halogenated alkanes) is 43. The highest BCUT2D eigenvalue weighted by Crippen LogP contribution is 2.27. The van der Waals surface area contributed by atoms with Gasteiger partial charge in [-0.05, 0) is 12.8 Å². The lowest BCUT2D eigenvalue weighted by Crippen LogP contribution is -2.61. The van der Waals surface area contributed by atoms with E-state index < -0.39 is 80.7 Å². The number of esters is 1. The predicted octanol–water partition coefficient (Wildman–Crippen LogP) is 13.5. The molecule has 470 valence electrons. The lowest BCUT2D eigenvalue weighted by molar-refractivity contribution is -0.332. The minimum absolute atomic E-state index is 0.0715. The Hall–Kier alpha value is -1.01. The van der Waals surface area contributed by atoms with Crippen LogP contribution < -0.4 is 0 Å². The van der Waals surface area contributed by atoms with Gasteiger partial charge in [0.2, 0.25) is 0 Å². The molecular weight excluding hydrogens is 1000 g/mol. The first-order chi connectivity index (χ1) is 38.6. The lowest BCUT2D eigenvalue weighted by atomic mass is 9.98. The average Bonchev–Trinajstić information content (AvgIpc) is 3.46. The number of aliphatic hydroxyl groups excluding tert-OH is 7. The van der Waals surface area contributed by atoms with Crippen LogP contribution in [0.5, 0.6) is 0 Å². The largest absolute Gasteiger partial charge is 0.457 e. The Morgan fingerprint density at radius 3 is 1.03 bits per heavy atom. The molecule has 2 heterocycles. The summed E-state index contributed by atoms with van der Waals surface area (Å²) in [6.45, 7) is 3.79. The average molecular weight is 1130 g/mol. The summed E-state index contributed by atoms with van der Waals surface area (Å²) in [5, 5.41) is 72.5. The van der Waals surface area contributed by atoms with Crippen LogP contribution in [0.2, 0.25) is 0 Å². The van der Waals surface area contributed by atoms with Crippen LogP contribution in [-0.4, -0.2) is 142 Å². The Kier molecular flexibility index (Phi) is 49.3. The number of carbonyl (C=O) groups excluding carboxylic acids is 1. The first-order valence-corrected chi connectivity index (χ1v) is 33.6. The molecule has 2 fully saturated rings. The summed E-state index contributed by atoms with van der Waals surface area (Å²) in [7, 11) is 0. The first kappa shape index (κ1) is 74.1. The van der Waals surface area contributed by atoms with Gasteiger partial charge in [0.15, 0.2) is 12.6 Å². The fourth-order valence-corrected chi connectivity index (χ4v) is 11.2. The van der Waals surface area contributed by atoms with Crippen molar-refractivity contribution in [1.82, 2.24) is 0 Å². The van der Waals surface area contributed by atoms with Crippen molar-refractivity contribution in [2.45, 2.75) is 377 Å². The maximum Gasteiger partial charge on any atom is 0.306 e. The Morgan fingerprint density at radius 1 is 0.367 bits per heavy atom. The molecule has 79 heavy (non-hydrogen) atoms. The standard InChI is InChI=1S/C65H126O14/c1-3-5-7-9-11-13-15-17-19-21-23-25-27-28-30-32-34-36-38-40-42-44-46-48-57(67)77-54(51-74-49-47-45-43-41-39-37-35-33-31-29-26-24-22-20-18-16-14-12-10-8-6-4-2)52-75-64-63(73)61(71)59(69)56(79-64)53-76-65-62(72)60(70)58(68)55(50-66)78-65/h54-56,58-66,68-73H,3-53H2,1-2H3. The summed E-state index contributed by atoms with van der Waals surface area (Å²) < 4.78 is 34.5. The molecule has 0 radical (unpaired) electrons. The molecule has 0 bridgehead atoms. The summed E-state index contributed by atoms with van der Waals surface area (Å²) in [5.41, 5.74) is 0. The Balaban J connectivity index is 1.64. The monoisotopic (exact) mass is 1130 g/mol. The van der Waals surface area contributed by atoms with Crippen molar-refractivity contribution >= 4 is 5.97 Å². The molecular formula is C65H126O14. The maximum absolute atomic E-state index is 13.1. The minimum Gasteiger partial charge on any atom is -0.457 e. The van der Waals surface area contributed by atoms with Crippen LogP contribution in [-0.2, 0) is 33.2 Å². The summed E-state index contributed by atoms with van der Waals surface area (Å²) in [5.74, 6) is -0.364. The molecule has 0 amide bonds. The van der Waals surface area contributed by atoms with E-state index in [0.717, 1.165) is 44.9 Å². The fourth-order valence-electron chi connectivity index (χ4n) is 11.2. The second-order valence-corrected chi connectivity index (χ2v) is 24.0. The number of carbonyl (C=O) groups is 1. The van der Waals surface area contributed by atoms with E-state index in [1.54, 1.807) is 0 Å². The summed E-state index contributed by atoms with van der Waals surface area (Å²) in [6.07, 6.45) is 43.2. The molecule has 0 aromatic carbocycles. The quantitative estimate of drug-likeness (QED) is 0.0223. The molecule has 11 unspecified atom stereocenters. The highest BCUT2D eigenvalue weighted by Gasteiger charge is 2.47. The van der Waals surface area contributed by atoms with Crippen LogP contribution in [0, 0.1) is 0 Å². The van der Waals surface area contributed by atoms with E-state index in [1.807, 2.05) is 0 Å². The normalized spacial score (nSPS) is 23.9. The van der Waals surface area contributed by atoms with Crippen molar-refractivity contribution in [2.75, 3.05) is 33.0 Å². The van der Waals surface area contributed by atoms with Gasteiger partial charge in [-0.15, -0.1) is 0 Å². The molecule has 0 saturated carbocycles. The predicted molar refractivity (Wildman–Crippen MR) is 317 cm³/mol. The molecule has 11 atom stereocenters. The number of hydrogen-bond acceptors (Lipinski definition) is 14. The Morgan fingerprint density at radius 2 is 0.671 bits per heavy atom. The Bertz CT molecular complexity index is 1310. The van der Waals surface area contributed by atoms with E-state index in [-0.39, 0.29) is 25.6 Å². The lowest BCUT2D eigenvalue weighted by Gasteiger charge is -2.42. The van der Waals surface area contributed by atoms with Crippen LogP contribution in [0.15, 0.2) is 0 Å². The zero-order valence-electron chi connectivity index (χ0n) is 50.9. The molecule has 0 spiro atoms. The van der Waals surface area contributed by atoms with Crippen LogP contribution >= 0.6 is 0 Å². The third-order valence-corrected chi connectivity index (χ3v) is 16.6. The van der Waals surface area contributed by atoms with Crippen molar-refractivity contribution in [3.05, 3.63) is 0 Å². The van der Waals surface area contributed by atoms with Gasteiger partial charge in [-0.3, -0.25) is 4.79 Å². The van der Waals surface area contributed by atoms with Gasteiger partial charge in [-0.1, -0.05) is 290 Å². The van der Waals surface area contributed by atoms with Crippen LogP contribution in [0.3, 0.4) is 0 Å². The molecule has 0 aromatic heterocycles. The van der Waals surface area contributed by atoms with E-state index in [1.165, 1.54) is 244 Å². The smallest absolute Gasteiger partial charge is 0.306 e. The third-order valence-electron chi connectivity index (χ3n) is 16.6. The second kappa shape index (κ2) is 52.5. The zero-order valence-corrected chi connectivity index (χ0v) is 50.9. The number of ether oxygens (including phenoxy) is 6. The number of rotatable bonds is 57. The van der Waals surface area contributed by atoms with E-state index in [9.17, 15) is 40.5 Å². The molecule has 0 aromatic rings. The van der Waals surface area contributed by atoms with Gasteiger partial charge in [-0.25, -0.2) is 0 Å². The molecule has 7 N–H and O–H groups in total. The van der Waals surface area contributed by atoms with Gasteiger partial charge in [0, 0.05) is 13.0 Å². The summed E-state index contributed by atoms with van der Waals surface area (Å²) in [4.78, 5) is 13.1. The summed E-state index contributed by atoms with van der Waals surface area (Å²) >= 11 is 0.